The van der Waals surface area contributed by atoms with Crippen LogP contribution >= 0.6 is 0 Å². The van der Waals surface area contributed by atoms with E-state index in [0.29, 0.717) is 6.54 Å². The van der Waals surface area contributed by atoms with Crippen molar-refractivity contribution in [3.05, 3.63) is 65.2 Å². The van der Waals surface area contributed by atoms with Crippen LogP contribution in [0.15, 0.2) is 53.4 Å². The Morgan fingerprint density at radius 3 is 2.50 bits per heavy atom. The molecule has 1 atom stereocenters. The lowest BCUT2D eigenvalue weighted by molar-refractivity contribution is -0.133. The van der Waals surface area contributed by atoms with Gasteiger partial charge in [0.05, 0.1) is 4.90 Å². The molecule has 2 aliphatic rings. The summed E-state index contributed by atoms with van der Waals surface area (Å²) in [6.07, 6.45) is 2.75. The maximum atomic E-state index is 13.2. The van der Waals surface area contributed by atoms with Crippen molar-refractivity contribution in [3.63, 3.8) is 0 Å². The molecule has 1 aliphatic heterocycles. The van der Waals surface area contributed by atoms with Gasteiger partial charge in [0.2, 0.25) is 15.9 Å². The largest absolute Gasteiger partial charge is 0.338 e. The topological polar surface area (TPSA) is 57.7 Å². The van der Waals surface area contributed by atoms with Crippen LogP contribution in [0.2, 0.25) is 0 Å². The van der Waals surface area contributed by atoms with Crippen LogP contribution in [-0.2, 0) is 27.8 Å². The van der Waals surface area contributed by atoms with Crippen molar-refractivity contribution in [3.8, 4) is 0 Å². The first-order chi connectivity index (χ1) is 13.4. The van der Waals surface area contributed by atoms with E-state index in [4.69, 9.17) is 0 Å². The predicted molar refractivity (Wildman–Crippen MR) is 108 cm³/mol. The summed E-state index contributed by atoms with van der Waals surface area (Å²) in [5.41, 5.74) is 3.03. The fourth-order valence-corrected chi connectivity index (χ4v) is 5.19. The second kappa shape index (κ2) is 7.33. The number of carbonyl (C=O) groups is 1. The molecule has 0 unspecified atom stereocenters. The van der Waals surface area contributed by atoms with E-state index < -0.39 is 10.0 Å². The van der Waals surface area contributed by atoms with E-state index in [2.05, 4.69) is 0 Å². The van der Waals surface area contributed by atoms with Gasteiger partial charge < -0.3 is 4.90 Å². The molecule has 4 rings (SSSR count). The van der Waals surface area contributed by atoms with E-state index in [9.17, 15) is 13.2 Å². The Labute approximate surface area is 167 Å². The lowest BCUT2D eigenvalue weighted by atomic mass is 9.99. The molecule has 1 saturated carbocycles. The van der Waals surface area contributed by atoms with E-state index in [1.54, 1.807) is 19.2 Å². The van der Waals surface area contributed by atoms with Crippen molar-refractivity contribution >= 4 is 15.9 Å². The van der Waals surface area contributed by atoms with Crippen LogP contribution in [0.25, 0.3) is 0 Å². The highest BCUT2D eigenvalue weighted by Gasteiger charge is 2.35. The summed E-state index contributed by atoms with van der Waals surface area (Å²) in [4.78, 5) is 14.6. The molecule has 2 aromatic carbocycles. The number of fused-ring (bicyclic) bond motifs is 1. The Balaban J connectivity index is 1.58. The zero-order valence-corrected chi connectivity index (χ0v) is 17.2. The minimum atomic E-state index is -3.63. The molecule has 0 N–H and O–H groups in total. The lowest BCUT2D eigenvalue weighted by Gasteiger charge is -2.30. The summed E-state index contributed by atoms with van der Waals surface area (Å²) in [7, 11) is -2.01. The monoisotopic (exact) mass is 398 g/mol. The van der Waals surface area contributed by atoms with E-state index in [-0.39, 0.29) is 22.8 Å². The molecule has 0 spiro atoms. The Hall–Kier alpha value is -2.18. The molecular formula is C22H26N2O3S. The molecule has 5 nitrogen and oxygen atoms in total. The number of hydrogen-bond acceptors (Lipinski definition) is 3. The first kappa shape index (κ1) is 19.2. The summed E-state index contributed by atoms with van der Waals surface area (Å²) in [6, 6.07) is 14.7. The number of rotatable bonds is 5. The molecule has 28 heavy (non-hydrogen) atoms. The number of benzene rings is 2. The smallest absolute Gasteiger partial charge is 0.243 e. The highest BCUT2D eigenvalue weighted by molar-refractivity contribution is 7.89. The van der Waals surface area contributed by atoms with Crippen LogP contribution in [0.5, 0.6) is 0 Å². The Bertz CT molecular complexity index is 984. The summed E-state index contributed by atoms with van der Waals surface area (Å²) < 4.78 is 27.8. The Kier molecular flexibility index (Phi) is 5.02. The van der Waals surface area contributed by atoms with Crippen LogP contribution in [0.3, 0.4) is 0 Å². The number of carbonyl (C=O) groups excluding carboxylic acids is 1. The van der Waals surface area contributed by atoms with E-state index in [0.717, 1.165) is 42.5 Å². The summed E-state index contributed by atoms with van der Waals surface area (Å²) in [5, 5.41) is 0. The van der Waals surface area contributed by atoms with Crippen molar-refractivity contribution in [2.75, 3.05) is 13.6 Å². The maximum Gasteiger partial charge on any atom is 0.243 e. The van der Waals surface area contributed by atoms with Gasteiger partial charge in [-0.1, -0.05) is 36.4 Å². The van der Waals surface area contributed by atoms with Gasteiger partial charge in [0, 0.05) is 32.1 Å². The number of amides is 1. The van der Waals surface area contributed by atoms with E-state index in [1.807, 2.05) is 48.2 Å². The van der Waals surface area contributed by atoms with E-state index >= 15 is 0 Å². The quantitative estimate of drug-likeness (QED) is 0.776. The van der Waals surface area contributed by atoms with Gasteiger partial charge in [0.15, 0.2) is 0 Å². The van der Waals surface area contributed by atoms with Crippen molar-refractivity contribution in [2.24, 2.45) is 5.92 Å². The number of sulfonamides is 1. The zero-order valence-electron chi connectivity index (χ0n) is 16.3. The van der Waals surface area contributed by atoms with Gasteiger partial charge in [0.1, 0.15) is 0 Å². The molecule has 2 aromatic rings. The Morgan fingerprint density at radius 2 is 1.82 bits per heavy atom. The molecule has 6 heteroatoms. The first-order valence-corrected chi connectivity index (χ1v) is 11.3. The Morgan fingerprint density at radius 1 is 1.11 bits per heavy atom. The molecule has 1 aliphatic carbocycles. The highest BCUT2D eigenvalue weighted by atomic mass is 32.2. The van der Waals surface area contributed by atoms with Crippen LogP contribution in [0.1, 0.15) is 42.5 Å². The van der Waals surface area contributed by atoms with Crippen LogP contribution in [0, 0.1) is 5.92 Å². The van der Waals surface area contributed by atoms with Crippen LogP contribution < -0.4 is 0 Å². The van der Waals surface area contributed by atoms with E-state index in [1.165, 1.54) is 4.31 Å². The van der Waals surface area contributed by atoms with Crippen molar-refractivity contribution in [1.82, 2.24) is 9.21 Å². The molecule has 0 bridgehead atoms. The minimum absolute atomic E-state index is 0.186. The van der Waals surface area contributed by atoms with Gasteiger partial charge >= 0.3 is 0 Å². The van der Waals surface area contributed by atoms with Crippen molar-refractivity contribution in [1.29, 1.82) is 0 Å². The molecule has 0 radical (unpaired) electrons. The molecule has 148 valence electrons. The van der Waals surface area contributed by atoms with Gasteiger partial charge in [-0.05, 0) is 55.0 Å². The summed E-state index contributed by atoms with van der Waals surface area (Å²) in [6.45, 7) is 3.12. The first-order valence-electron chi connectivity index (χ1n) is 9.81. The van der Waals surface area contributed by atoms with Gasteiger partial charge in [0.25, 0.3) is 0 Å². The second-order valence-corrected chi connectivity index (χ2v) is 9.82. The molecular weight excluding hydrogens is 372 g/mol. The van der Waals surface area contributed by atoms with Crippen molar-refractivity contribution in [2.45, 2.75) is 43.7 Å². The molecule has 0 aromatic heterocycles. The third-order valence-corrected chi connectivity index (χ3v) is 7.86. The maximum absolute atomic E-state index is 13.2. The number of hydrogen-bond donors (Lipinski definition) is 0. The van der Waals surface area contributed by atoms with Crippen LogP contribution in [-0.4, -0.2) is 37.1 Å². The predicted octanol–water partition coefficient (Wildman–Crippen LogP) is 3.36. The third kappa shape index (κ3) is 3.59. The van der Waals surface area contributed by atoms with Gasteiger partial charge in [-0.15, -0.1) is 0 Å². The summed E-state index contributed by atoms with van der Waals surface area (Å²) in [5.74, 6) is 0.403. The van der Waals surface area contributed by atoms with Crippen LogP contribution in [0.4, 0.5) is 0 Å². The summed E-state index contributed by atoms with van der Waals surface area (Å²) >= 11 is 0. The fraction of sp³-hybridized carbons (Fsp3) is 0.409. The lowest BCUT2D eigenvalue weighted by Crippen LogP contribution is -2.37. The van der Waals surface area contributed by atoms with Gasteiger partial charge in [-0.3, -0.25) is 4.79 Å². The molecule has 0 saturated heterocycles. The number of nitrogens with zero attached hydrogens (tertiary/aromatic N) is 2. The molecule has 1 fully saturated rings. The standard InChI is InChI=1S/C22H26N2O3S/c1-16(17-6-4-3-5-7-17)23(2)28(26,27)21-11-10-18-12-13-24(15-20(18)14-21)22(25)19-8-9-19/h3-7,10-11,14,16,19H,8-9,12-13,15H2,1-2H3/t16-/m0/s1. The van der Waals surface area contributed by atoms with Gasteiger partial charge in [-0.25, -0.2) is 8.42 Å². The highest BCUT2D eigenvalue weighted by Crippen LogP contribution is 2.33. The molecule has 1 amide bonds. The normalized spacial score (nSPS) is 18.0. The van der Waals surface area contributed by atoms with Crippen molar-refractivity contribution < 1.29 is 13.2 Å². The molecule has 1 heterocycles. The fourth-order valence-electron chi connectivity index (χ4n) is 3.79. The zero-order chi connectivity index (χ0) is 19.9. The average molecular weight is 399 g/mol. The minimum Gasteiger partial charge on any atom is -0.338 e. The third-order valence-electron chi connectivity index (χ3n) is 5.93. The SMILES string of the molecule is C[C@@H](c1ccccc1)N(C)S(=O)(=O)c1ccc2c(c1)CN(C(=O)C1CC1)CC2. The second-order valence-electron chi connectivity index (χ2n) is 7.82. The average Bonchev–Trinajstić information content (AvgIpc) is 3.57. The van der Waals surface area contributed by atoms with Gasteiger partial charge in [-0.2, -0.15) is 4.31 Å².